The molecule has 4 nitrogen and oxygen atoms in total. The fourth-order valence-electron chi connectivity index (χ4n) is 6.11. The van der Waals surface area contributed by atoms with Gasteiger partial charge < -0.3 is 14.2 Å². The van der Waals surface area contributed by atoms with Crippen LogP contribution in [0.4, 0.5) is 0 Å². The Morgan fingerprint density at radius 1 is 1.10 bits per heavy atom. The maximum absolute atomic E-state index is 12.6. The van der Waals surface area contributed by atoms with Gasteiger partial charge in [0.1, 0.15) is 11.4 Å². The third-order valence-corrected chi connectivity index (χ3v) is 7.75. The lowest BCUT2D eigenvalue weighted by molar-refractivity contribution is -0.259. The zero-order valence-corrected chi connectivity index (χ0v) is 17.3. The number of carbonyl (C=O) groups is 1. The number of ether oxygens (including phenoxy) is 3. The van der Waals surface area contributed by atoms with Crippen LogP contribution in [0.2, 0.25) is 0 Å². The standard InChI is InChI=1S/C25H28O4/c1-16-13-24(3)21-17(2)25(16,15-28-23(26)18-9-5-4-6-10-18)14-27-22(21)19-11-7-8-12-20(19)29-24/h4-12,16-17,21-22H,13-15H2,1-3H3/t16-,17-,21+,22+,24-,25-/m0/s1. The highest BCUT2D eigenvalue weighted by atomic mass is 16.5. The highest BCUT2D eigenvalue weighted by Crippen LogP contribution is 2.63. The van der Waals surface area contributed by atoms with E-state index in [-0.39, 0.29) is 29.0 Å². The Balaban J connectivity index is 1.44. The molecule has 29 heavy (non-hydrogen) atoms. The molecule has 2 aliphatic heterocycles. The number of esters is 1. The zero-order valence-electron chi connectivity index (χ0n) is 17.3. The Hall–Kier alpha value is -2.33. The average Bonchev–Trinajstić information content (AvgIpc) is 2.72. The fraction of sp³-hybridized carbons (Fsp3) is 0.480. The summed E-state index contributed by atoms with van der Waals surface area (Å²) in [5.74, 6) is 1.54. The minimum atomic E-state index is -0.273. The van der Waals surface area contributed by atoms with E-state index in [0.29, 0.717) is 30.6 Å². The zero-order chi connectivity index (χ0) is 20.2. The first kappa shape index (κ1) is 18.7. The SMILES string of the molecule is C[C@H]1C[C@]2(C)Oc3ccccc3[C@H]3OC[C@@]1(COC(=O)c1ccccc1)[C@@H](C)[C@H]32. The molecule has 1 saturated carbocycles. The minimum absolute atomic E-state index is 0.0328. The highest BCUT2D eigenvalue weighted by molar-refractivity contribution is 5.89. The Labute approximate surface area is 172 Å². The van der Waals surface area contributed by atoms with Crippen molar-refractivity contribution < 1.29 is 19.0 Å². The molecule has 0 aromatic heterocycles. The smallest absolute Gasteiger partial charge is 0.338 e. The van der Waals surface area contributed by atoms with Gasteiger partial charge in [-0.15, -0.1) is 0 Å². The number of carbonyl (C=O) groups excluding carboxylic acids is 1. The number of hydrogen-bond acceptors (Lipinski definition) is 4. The number of hydrogen-bond donors (Lipinski definition) is 0. The second kappa shape index (κ2) is 6.60. The summed E-state index contributed by atoms with van der Waals surface area (Å²) >= 11 is 0. The quantitative estimate of drug-likeness (QED) is 0.686. The van der Waals surface area contributed by atoms with E-state index in [9.17, 15) is 4.79 Å². The van der Waals surface area contributed by atoms with Crippen LogP contribution >= 0.6 is 0 Å². The van der Waals surface area contributed by atoms with Crippen molar-refractivity contribution in [3.05, 3.63) is 65.7 Å². The molecule has 3 aliphatic rings. The maximum Gasteiger partial charge on any atom is 0.338 e. The lowest BCUT2D eigenvalue weighted by Crippen LogP contribution is -2.66. The average molecular weight is 392 g/mol. The van der Waals surface area contributed by atoms with Gasteiger partial charge in [-0.1, -0.05) is 50.2 Å². The van der Waals surface area contributed by atoms with Crippen molar-refractivity contribution in [2.75, 3.05) is 13.2 Å². The molecular formula is C25H28O4. The normalized spacial score (nSPS) is 37.2. The summed E-state index contributed by atoms with van der Waals surface area (Å²) in [5, 5.41) is 0. The van der Waals surface area contributed by atoms with E-state index >= 15 is 0 Å². The molecule has 2 heterocycles. The molecule has 0 spiro atoms. The van der Waals surface area contributed by atoms with Crippen molar-refractivity contribution in [1.29, 1.82) is 0 Å². The number of para-hydroxylation sites is 1. The van der Waals surface area contributed by atoms with Crippen LogP contribution in [-0.4, -0.2) is 24.8 Å². The molecule has 152 valence electrons. The van der Waals surface area contributed by atoms with Crippen LogP contribution in [0.15, 0.2) is 54.6 Å². The summed E-state index contributed by atoms with van der Waals surface area (Å²) in [6.07, 6.45) is 0.962. The molecule has 0 amide bonds. The van der Waals surface area contributed by atoms with Gasteiger partial charge in [-0.25, -0.2) is 4.79 Å². The van der Waals surface area contributed by atoms with Gasteiger partial charge in [0.25, 0.3) is 0 Å². The van der Waals surface area contributed by atoms with Gasteiger partial charge in [-0.2, -0.15) is 0 Å². The third-order valence-electron chi connectivity index (χ3n) is 7.75. The van der Waals surface area contributed by atoms with Crippen molar-refractivity contribution in [3.63, 3.8) is 0 Å². The number of benzene rings is 2. The Morgan fingerprint density at radius 3 is 2.62 bits per heavy atom. The summed E-state index contributed by atoms with van der Waals surface area (Å²) in [5.41, 5.74) is 1.27. The predicted molar refractivity (Wildman–Crippen MR) is 110 cm³/mol. The van der Waals surface area contributed by atoms with Gasteiger partial charge >= 0.3 is 5.97 Å². The molecule has 2 aromatic carbocycles. The van der Waals surface area contributed by atoms with Crippen LogP contribution in [0.5, 0.6) is 5.75 Å². The first-order chi connectivity index (χ1) is 13.9. The van der Waals surface area contributed by atoms with E-state index in [2.05, 4.69) is 26.8 Å². The Bertz CT molecular complexity index is 925. The Kier molecular flexibility index (Phi) is 4.25. The van der Waals surface area contributed by atoms with Gasteiger partial charge in [0, 0.05) is 16.9 Å². The van der Waals surface area contributed by atoms with Crippen LogP contribution in [0.25, 0.3) is 0 Å². The van der Waals surface area contributed by atoms with E-state index in [4.69, 9.17) is 14.2 Å². The van der Waals surface area contributed by atoms with Crippen LogP contribution in [0.3, 0.4) is 0 Å². The third kappa shape index (κ3) is 2.72. The molecule has 0 N–H and O–H groups in total. The first-order valence-electron chi connectivity index (χ1n) is 10.6. The van der Waals surface area contributed by atoms with Crippen LogP contribution < -0.4 is 4.74 Å². The summed E-state index contributed by atoms with van der Waals surface area (Å²) in [6, 6.07) is 17.4. The van der Waals surface area contributed by atoms with E-state index in [1.165, 1.54) is 0 Å². The minimum Gasteiger partial charge on any atom is -0.487 e. The van der Waals surface area contributed by atoms with Gasteiger partial charge in [0.15, 0.2) is 0 Å². The van der Waals surface area contributed by atoms with Crippen molar-refractivity contribution in [2.45, 2.75) is 38.9 Å². The molecular weight excluding hydrogens is 364 g/mol. The molecule has 6 atom stereocenters. The van der Waals surface area contributed by atoms with Crippen molar-refractivity contribution in [3.8, 4) is 5.75 Å². The molecule has 0 unspecified atom stereocenters. The Morgan fingerprint density at radius 2 is 1.83 bits per heavy atom. The molecule has 5 rings (SSSR count). The van der Waals surface area contributed by atoms with E-state index in [0.717, 1.165) is 17.7 Å². The molecule has 2 bridgehead atoms. The number of rotatable bonds is 3. The number of fused-ring (bicyclic) bond motifs is 3. The van der Waals surface area contributed by atoms with E-state index < -0.39 is 0 Å². The van der Waals surface area contributed by atoms with Gasteiger partial charge in [0.2, 0.25) is 0 Å². The molecule has 1 aliphatic carbocycles. The molecule has 2 fully saturated rings. The van der Waals surface area contributed by atoms with Crippen molar-refractivity contribution in [2.24, 2.45) is 23.2 Å². The molecule has 0 radical (unpaired) electrons. The summed E-state index contributed by atoms with van der Waals surface area (Å²) in [7, 11) is 0. The van der Waals surface area contributed by atoms with Crippen molar-refractivity contribution >= 4 is 5.97 Å². The monoisotopic (exact) mass is 392 g/mol. The van der Waals surface area contributed by atoms with Crippen LogP contribution in [0.1, 0.15) is 49.2 Å². The summed E-state index contributed by atoms with van der Waals surface area (Å²) in [6.45, 7) is 7.75. The summed E-state index contributed by atoms with van der Waals surface area (Å²) in [4.78, 5) is 12.6. The molecule has 1 saturated heterocycles. The molecule has 4 heteroatoms. The van der Waals surface area contributed by atoms with Gasteiger partial charge in [0.05, 0.1) is 24.9 Å². The van der Waals surface area contributed by atoms with Gasteiger partial charge in [-0.3, -0.25) is 0 Å². The summed E-state index contributed by atoms with van der Waals surface area (Å²) < 4.78 is 18.9. The predicted octanol–water partition coefficient (Wildman–Crippen LogP) is 5.04. The lowest BCUT2D eigenvalue weighted by Gasteiger charge is -2.63. The first-order valence-corrected chi connectivity index (χ1v) is 10.6. The van der Waals surface area contributed by atoms with Crippen LogP contribution in [0, 0.1) is 23.2 Å². The van der Waals surface area contributed by atoms with Crippen molar-refractivity contribution in [1.82, 2.24) is 0 Å². The maximum atomic E-state index is 12.6. The highest BCUT2D eigenvalue weighted by Gasteiger charge is 2.64. The van der Waals surface area contributed by atoms with E-state index in [1.807, 2.05) is 36.4 Å². The largest absolute Gasteiger partial charge is 0.487 e. The lowest BCUT2D eigenvalue weighted by atomic mass is 9.50. The second-order valence-electron chi connectivity index (χ2n) is 9.28. The second-order valence-corrected chi connectivity index (χ2v) is 9.28. The van der Waals surface area contributed by atoms with E-state index in [1.54, 1.807) is 12.1 Å². The molecule has 2 aromatic rings. The van der Waals surface area contributed by atoms with Gasteiger partial charge in [-0.05, 0) is 43.4 Å². The van der Waals surface area contributed by atoms with Crippen LogP contribution in [-0.2, 0) is 9.47 Å². The topological polar surface area (TPSA) is 44.8 Å². The fourth-order valence-corrected chi connectivity index (χ4v) is 6.11.